The van der Waals surface area contributed by atoms with E-state index in [4.69, 9.17) is 14.6 Å². The van der Waals surface area contributed by atoms with Crippen molar-refractivity contribution in [2.75, 3.05) is 0 Å². The molecule has 1 fully saturated rings. The number of cyclic esters (lactones) is 1. The molecule has 3 rings (SSSR count). The third kappa shape index (κ3) is 6.46. The fourth-order valence-electron chi connectivity index (χ4n) is 4.20. The van der Waals surface area contributed by atoms with Crippen molar-refractivity contribution in [3.63, 3.8) is 0 Å². The van der Waals surface area contributed by atoms with Gasteiger partial charge in [-0.2, -0.15) is 0 Å². The summed E-state index contributed by atoms with van der Waals surface area (Å²) in [5, 5.41) is 11.8. The summed E-state index contributed by atoms with van der Waals surface area (Å²) in [4.78, 5) is 48.0. The molecular formula is C26H33NO7. The second-order valence-electron chi connectivity index (χ2n) is 9.01. The molecular weight excluding hydrogens is 438 g/mol. The smallest absolute Gasteiger partial charge is 0.342 e. The van der Waals surface area contributed by atoms with Gasteiger partial charge in [0, 0.05) is 36.4 Å². The van der Waals surface area contributed by atoms with Crippen molar-refractivity contribution in [3.8, 4) is 5.75 Å². The Morgan fingerprint density at radius 2 is 1.88 bits per heavy atom. The molecule has 1 aromatic rings. The number of amides is 1. The van der Waals surface area contributed by atoms with Gasteiger partial charge in [0.15, 0.2) is 0 Å². The van der Waals surface area contributed by atoms with Gasteiger partial charge >= 0.3 is 17.9 Å². The maximum atomic E-state index is 12.7. The van der Waals surface area contributed by atoms with Crippen LogP contribution in [-0.2, 0) is 38.6 Å². The first-order valence-electron chi connectivity index (χ1n) is 11.9. The summed E-state index contributed by atoms with van der Waals surface area (Å²) in [7, 11) is 0. The number of benzene rings is 1. The van der Waals surface area contributed by atoms with E-state index in [9.17, 15) is 19.2 Å². The van der Waals surface area contributed by atoms with Crippen LogP contribution in [0.5, 0.6) is 5.75 Å². The number of ether oxygens (including phenoxy) is 2. The molecule has 1 saturated carbocycles. The van der Waals surface area contributed by atoms with E-state index in [1.54, 1.807) is 0 Å². The summed E-state index contributed by atoms with van der Waals surface area (Å²) in [6.45, 7) is 5.95. The summed E-state index contributed by atoms with van der Waals surface area (Å²) < 4.78 is 11.0. The number of allylic oxidation sites excluding steroid dienone is 2. The van der Waals surface area contributed by atoms with Gasteiger partial charge in [-0.05, 0) is 63.5 Å². The summed E-state index contributed by atoms with van der Waals surface area (Å²) >= 11 is 0. The number of fused-ring (bicyclic) bond motifs is 1. The van der Waals surface area contributed by atoms with Gasteiger partial charge in [-0.3, -0.25) is 14.4 Å². The third-order valence-electron chi connectivity index (χ3n) is 6.31. The predicted octanol–water partition coefficient (Wildman–Crippen LogP) is 3.94. The fraction of sp³-hybridized carbons (Fsp3) is 0.538. The molecule has 2 N–H and O–H groups in total. The van der Waals surface area contributed by atoms with Gasteiger partial charge in [-0.1, -0.05) is 18.6 Å². The summed E-state index contributed by atoms with van der Waals surface area (Å²) in [6.07, 6.45) is 6.14. The minimum absolute atomic E-state index is 0.0364. The van der Waals surface area contributed by atoms with Gasteiger partial charge in [0.1, 0.15) is 17.9 Å². The lowest BCUT2D eigenvalue weighted by Crippen LogP contribution is -2.25. The standard InChI is InChI=1S/C26H33NO7/c1-4-18-16(3)20-14-33-26(32)24(20)25(19(18)12-8-15(2)9-13-22(29)30)34-23(31)7-5-6-21(28)27-17-10-11-17/h8,17H,4-7,9-14H2,1-3H3,(H,27,28)(H,29,30)/b15-8+. The molecule has 0 radical (unpaired) electrons. The van der Waals surface area contributed by atoms with E-state index >= 15 is 0 Å². The van der Waals surface area contributed by atoms with Crippen LogP contribution in [0.3, 0.4) is 0 Å². The molecule has 8 nitrogen and oxygen atoms in total. The number of carboxylic acids is 1. The molecule has 0 spiro atoms. The Labute approximate surface area is 199 Å². The molecule has 0 saturated heterocycles. The molecule has 1 aromatic carbocycles. The van der Waals surface area contributed by atoms with Crippen LogP contribution in [0.1, 0.15) is 91.4 Å². The Kier molecular flexibility index (Phi) is 8.47. The largest absolute Gasteiger partial charge is 0.481 e. The molecule has 2 aliphatic rings. The van der Waals surface area contributed by atoms with Gasteiger partial charge in [-0.25, -0.2) is 4.79 Å². The summed E-state index contributed by atoms with van der Waals surface area (Å²) in [6, 6.07) is 0.280. The maximum absolute atomic E-state index is 12.7. The van der Waals surface area contributed by atoms with Crippen molar-refractivity contribution in [1.29, 1.82) is 0 Å². The van der Waals surface area contributed by atoms with Crippen LogP contribution in [0.25, 0.3) is 0 Å². The molecule has 1 heterocycles. The summed E-state index contributed by atoms with van der Waals surface area (Å²) in [5.41, 5.74) is 4.62. The van der Waals surface area contributed by atoms with Gasteiger partial charge in [0.2, 0.25) is 5.91 Å². The predicted molar refractivity (Wildman–Crippen MR) is 125 cm³/mol. The third-order valence-corrected chi connectivity index (χ3v) is 6.31. The van der Waals surface area contributed by atoms with Crippen molar-refractivity contribution < 1.29 is 33.8 Å². The monoisotopic (exact) mass is 471 g/mol. The number of carbonyl (C=O) groups is 4. The second-order valence-corrected chi connectivity index (χ2v) is 9.01. The Bertz CT molecular complexity index is 1020. The lowest BCUT2D eigenvalue weighted by Gasteiger charge is -2.19. The quantitative estimate of drug-likeness (QED) is 0.269. The molecule has 8 heteroatoms. The van der Waals surface area contributed by atoms with Crippen LogP contribution in [0.2, 0.25) is 0 Å². The zero-order chi connectivity index (χ0) is 24.8. The van der Waals surface area contributed by atoms with Crippen LogP contribution in [0, 0.1) is 6.92 Å². The van der Waals surface area contributed by atoms with Crippen LogP contribution < -0.4 is 10.1 Å². The number of esters is 2. The zero-order valence-electron chi connectivity index (χ0n) is 20.1. The van der Waals surface area contributed by atoms with E-state index in [1.807, 2.05) is 26.8 Å². The molecule has 1 aliphatic carbocycles. The highest BCUT2D eigenvalue weighted by atomic mass is 16.6. The lowest BCUT2D eigenvalue weighted by molar-refractivity contribution is -0.137. The number of hydrogen-bond donors (Lipinski definition) is 2. The maximum Gasteiger partial charge on any atom is 0.342 e. The van der Waals surface area contributed by atoms with Gasteiger partial charge in [0.25, 0.3) is 0 Å². The second kappa shape index (κ2) is 11.3. The molecule has 1 aliphatic heterocycles. The molecule has 0 atom stereocenters. The topological polar surface area (TPSA) is 119 Å². The number of rotatable bonds is 12. The Morgan fingerprint density at radius 1 is 1.15 bits per heavy atom. The van der Waals surface area contributed by atoms with Crippen LogP contribution in [-0.4, -0.2) is 35.0 Å². The van der Waals surface area contributed by atoms with E-state index in [2.05, 4.69) is 5.32 Å². The normalized spacial score (nSPS) is 15.0. The van der Waals surface area contributed by atoms with Crippen LogP contribution in [0.15, 0.2) is 11.6 Å². The molecule has 0 bridgehead atoms. The molecule has 1 amide bonds. The fourth-order valence-corrected chi connectivity index (χ4v) is 4.20. The highest BCUT2D eigenvalue weighted by Crippen LogP contribution is 2.39. The van der Waals surface area contributed by atoms with Crippen molar-refractivity contribution in [1.82, 2.24) is 5.32 Å². The van der Waals surface area contributed by atoms with Crippen molar-refractivity contribution in [2.24, 2.45) is 0 Å². The number of carboxylic acid groups (broad SMARTS) is 1. The van der Waals surface area contributed by atoms with Gasteiger partial charge in [-0.15, -0.1) is 0 Å². The number of aliphatic carboxylic acids is 1. The number of hydrogen-bond acceptors (Lipinski definition) is 6. The molecule has 184 valence electrons. The zero-order valence-corrected chi connectivity index (χ0v) is 20.1. The minimum Gasteiger partial charge on any atom is -0.481 e. The van der Waals surface area contributed by atoms with E-state index in [0.29, 0.717) is 31.2 Å². The number of nitrogens with one attached hydrogen (secondary N) is 1. The Balaban J connectivity index is 1.81. The lowest BCUT2D eigenvalue weighted by atomic mass is 9.89. The first kappa shape index (κ1) is 25.5. The van der Waals surface area contributed by atoms with E-state index in [1.165, 1.54) is 0 Å². The first-order chi connectivity index (χ1) is 16.2. The van der Waals surface area contributed by atoms with Crippen molar-refractivity contribution in [3.05, 3.63) is 39.5 Å². The van der Waals surface area contributed by atoms with E-state index in [0.717, 1.165) is 40.7 Å². The molecule has 0 unspecified atom stereocenters. The highest BCUT2D eigenvalue weighted by Gasteiger charge is 2.33. The number of carbonyl (C=O) groups excluding carboxylic acids is 3. The average molecular weight is 472 g/mol. The Morgan fingerprint density at radius 3 is 2.53 bits per heavy atom. The highest BCUT2D eigenvalue weighted by molar-refractivity contribution is 5.98. The van der Waals surface area contributed by atoms with Gasteiger partial charge in [0.05, 0.1) is 0 Å². The van der Waals surface area contributed by atoms with Gasteiger partial charge < -0.3 is 19.9 Å². The van der Waals surface area contributed by atoms with Crippen LogP contribution in [0.4, 0.5) is 0 Å². The van der Waals surface area contributed by atoms with E-state index < -0.39 is 17.9 Å². The van der Waals surface area contributed by atoms with Crippen LogP contribution >= 0.6 is 0 Å². The SMILES string of the molecule is CCc1c(C)c2c(c(OC(=O)CCCC(=O)NC3CC3)c1C/C=C(\C)CCC(=O)O)C(=O)OC2. The first-order valence-corrected chi connectivity index (χ1v) is 11.9. The van der Waals surface area contributed by atoms with Crippen molar-refractivity contribution in [2.45, 2.75) is 91.2 Å². The average Bonchev–Trinajstić information content (AvgIpc) is 3.51. The molecule has 0 aromatic heterocycles. The van der Waals surface area contributed by atoms with Crippen molar-refractivity contribution >= 4 is 23.8 Å². The Hall–Kier alpha value is -3.16. The summed E-state index contributed by atoms with van der Waals surface area (Å²) in [5.74, 6) is -1.71. The minimum atomic E-state index is -0.862. The molecule has 34 heavy (non-hydrogen) atoms. The van der Waals surface area contributed by atoms with E-state index in [-0.39, 0.29) is 43.6 Å².